The summed E-state index contributed by atoms with van der Waals surface area (Å²) < 4.78 is 5.25. The summed E-state index contributed by atoms with van der Waals surface area (Å²) in [6.07, 6.45) is 1.62. The largest absolute Gasteiger partial charge is 0.444 e. The Morgan fingerprint density at radius 2 is 1.88 bits per heavy atom. The van der Waals surface area contributed by atoms with Crippen LogP contribution < -0.4 is 16.4 Å². The second-order valence-corrected chi connectivity index (χ2v) is 9.13. The SMILES string of the molecule is CCc1nc(C(N)=O)c(Nc2cccc(CCNC(=O)OC(C)(C)C)c2)nc1CC(C)C. The fraction of sp³-hybridized carbons (Fsp3) is 0.500. The molecule has 32 heavy (non-hydrogen) atoms. The lowest BCUT2D eigenvalue weighted by molar-refractivity contribution is 0.0528. The van der Waals surface area contributed by atoms with Gasteiger partial charge in [-0.25, -0.2) is 14.8 Å². The molecule has 0 saturated carbocycles. The molecule has 0 aliphatic carbocycles. The lowest BCUT2D eigenvalue weighted by Crippen LogP contribution is -2.33. The third-order valence-electron chi connectivity index (χ3n) is 4.49. The molecule has 1 heterocycles. The molecule has 0 radical (unpaired) electrons. The zero-order valence-corrected chi connectivity index (χ0v) is 19.9. The molecule has 0 bridgehead atoms. The summed E-state index contributed by atoms with van der Waals surface area (Å²) in [7, 11) is 0. The first-order chi connectivity index (χ1) is 15.0. The van der Waals surface area contributed by atoms with Crippen molar-refractivity contribution >= 4 is 23.5 Å². The lowest BCUT2D eigenvalue weighted by Gasteiger charge is -2.19. The van der Waals surface area contributed by atoms with Gasteiger partial charge in [-0.2, -0.15) is 0 Å². The quantitative estimate of drug-likeness (QED) is 0.538. The fourth-order valence-corrected chi connectivity index (χ4v) is 3.16. The van der Waals surface area contributed by atoms with Gasteiger partial charge >= 0.3 is 6.09 Å². The molecule has 0 fully saturated rings. The number of rotatable bonds is 9. The van der Waals surface area contributed by atoms with Crippen molar-refractivity contribution in [1.29, 1.82) is 0 Å². The van der Waals surface area contributed by atoms with Crippen molar-refractivity contribution in [2.45, 2.75) is 66.4 Å². The second kappa shape index (κ2) is 10.9. The molecule has 0 aliphatic rings. The monoisotopic (exact) mass is 441 g/mol. The fourth-order valence-electron chi connectivity index (χ4n) is 3.16. The third-order valence-corrected chi connectivity index (χ3v) is 4.49. The predicted octanol–water partition coefficient (Wildman–Crippen LogP) is 4.15. The third kappa shape index (κ3) is 7.83. The Hall–Kier alpha value is -3.16. The minimum Gasteiger partial charge on any atom is -0.444 e. The van der Waals surface area contributed by atoms with Gasteiger partial charge in [0.1, 0.15) is 5.60 Å². The molecule has 0 saturated heterocycles. The molecule has 0 aliphatic heterocycles. The molecular formula is C24H35N5O3. The predicted molar refractivity (Wildman–Crippen MR) is 126 cm³/mol. The van der Waals surface area contributed by atoms with E-state index in [2.05, 4.69) is 29.5 Å². The maximum absolute atomic E-state index is 12.0. The number of hydrogen-bond acceptors (Lipinski definition) is 6. The maximum Gasteiger partial charge on any atom is 0.407 e. The smallest absolute Gasteiger partial charge is 0.407 e. The number of primary amides is 1. The molecule has 1 aromatic heterocycles. The van der Waals surface area contributed by atoms with E-state index in [1.807, 2.05) is 52.0 Å². The number of ether oxygens (including phenoxy) is 1. The van der Waals surface area contributed by atoms with Crippen molar-refractivity contribution in [2.75, 3.05) is 11.9 Å². The summed E-state index contributed by atoms with van der Waals surface area (Å²) in [4.78, 5) is 33.0. The Kier molecular flexibility index (Phi) is 8.57. The molecule has 2 amide bonds. The molecule has 1 aromatic carbocycles. The minimum absolute atomic E-state index is 0.131. The topological polar surface area (TPSA) is 119 Å². The number of nitrogens with one attached hydrogen (secondary N) is 2. The number of anilines is 2. The Bertz CT molecular complexity index is 951. The van der Waals surface area contributed by atoms with Crippen molar-refractivity contribution in [1.82, 2.24) is 15.3 Å². The van der Waals surface area contributed by atoms with Gasteiger partial charge in [0.05, 0.1) is 11.4 Å². The average Bonchev–Trinajstić information content (AvgIpc) is 2.66. The normalized spacial score (nSPS) is 11.3. The van der Waals surface area contributed by atoms with E-state index in [1.165, 1.54) is 0 Å². The molecule has 0 unspecified atom stereocenters. The number of nitrogens with zero attached hydrogens (tertiary/aromatic N) is 2. The molecule has 2 rings (SSSR count). The lowest BCUT2D eigenvalue weighted by atomic mass is 10.0. The van der Waals surface area contributed by atoms with E-state index in [1.54, 1.807) is 0 Å². The Labute approximate surface area is 190 Å². The van der Waals surface area contributed by atoms with Crippen LogP contribution in [0.3, 0.4) is 0 Å². The molecule has 8 heteroatoms. The Balaban J connectivity index is 2.16. The summed E-state index contributed by atoms with van der Waals surface area (Å²) in [5, 5.41) is 5.96. The highest BCUT2D eigenvalue weighted by molar-refractivity contribution is 5.96. The highest BCUT2D eigenvalue weighted by Crippen LogP contribution is 2.22. The first-order valence-electron chi connectivity index (χ1n) is 11.0. The number of carbonyl (C=O) groups excluding carboxylic acids is 2. The molecular weight excluding hydrogens is 406 g/mol. The number of nitrogens with two attached hydrogens (primary N) is 1. The van der Waals surface area contributed by atoms with Gasteiger partial charge in [-0.05, 0) is 63.6 Å². The molecule has 2 aromatic rings. The van der Waals surface area contributed by atoms with Crippen LogP contribution in [0.2, 0.25) is 0 Å². The van der Waals surface area contributed by atoms with Crippen LogP contribution in [-0.2, 0) is 24.0 Å². The van der Waals surface area contributed by atoms with Crippen molar-refractivity contribution < 1.29 is 14.3 Å². The first-order valence-corrected chi connectivity index (χ1v) is 11.0. The van der Waals surface area contributed by atoms with E-state index in [0.717, 1.165) is 29.1 Å². The van der Waals surface area contributed by atoms with E-state index in [9.17, 15) is 9.59 Å². The van der Waals surface area contributed by atoms with Crippen molar-refractivity contribution in [3.05, 3.63) is 46.9 Å². The van der Waals surface area contributed by atoms with E-state index in [-0.39, 0.29) is 5.69 Å². The first kappa shape index (κ1) is 25.1. The number of hydrogen-bond donors (Lipinski definition) is 3. The van der Waals surface area contributed by atoms with E-state index in [4.69, 9.17) is 15.5 Å². The Morgan fingerprint density at radius 3 is 2.47 bits per heavy atom. The zero-order valence-electron chi connectivity index (χ0n) is 19.9. The summed E-state index contributed by atoms with van der Waals surface area (Å²) in [6, 6.07) is 7.69. The standard InChI is InChI=1S/C24H35N5O3/c1-7-18-19(13-15(2)3)29-22(20(28-18)21(25)30)27-17-10-8-9-16(14-17)11-12-26-23(31)32-24(4,5)6/h8-10,14-15H,7,11-13H2,1-6H3,(H2,25,30)(H,26,31)(H,27,29). The zero-order chi connectivity index (χ0) is 23.9. The van der Waals surface area contributed by atoms with Gasteiger partial charge in [-0.1, -0.05) is 32.9 Å². The van der Waals surface area contributed by atoms with Gasteiger partial charge in [0, 0.05) is 12.2 Å². The Morgan fingerprint density at radius 1 is 1.16 bits per heavy atom. The minimum atomic E-state index is -0.622. The van der Waals surface area contributed by atoms with Gasteiger partial charge in [0.15, 0.2) is 11.5 Å². The van der Waals surface area contributed by atoms with E-state index < -0.39 is 17.6 Å². The van der Waals surface area contributed by atoms with E-state index >= 15 is 0 Å². The average molecular weight is 442 g/mol. The van der Waals surface area contributed by atoms with Gasteiger partial charge < -0.3 is 21.1 Å². The molecule has 4 N–H and O–H groups in total. The van der Waals surface area contributed by atoms with Crippen LogP contribution in [0.15, 0.2) is 24.3 Å². The number of alkyl carbamates (subject to hydrolysis) is 1. The molecule has 0 atom stereocenters. The van der Waals surface area contributed by atoms with Crippen LogP contribution in [0.5, 0.6) is 0 Å². The summed E-state index contributed by atoms with van der Waals surface area (Å²) in [5.74, 6) is 0.139. The van der Waals surface area contributed by atoms with Crippen molar-refractivity contribution in [3.63, 3.8) is 0 Å². The van der Waals surface area contributed by atoms with Crippen LogP contribution in [0.25, 0.3) is 0 Å². The number of carbonyl (C=O) groups is 2. The van der Waals surface area contributed by atoms with Crippen LogP contribution >= 0.6 is 0 Å². The number of aryl methyl sites for hydroxylation is 1. The molecule has 8 nitrogen and oxygen atoms in total. The highest BCUT2D eigenvalue weighted by Gasteiger charge is 2.18. The summed E-state index contributed by atoms with van der Waals surface area (Å²) in [6.45, 7) is 12.1. The second-order valence-electron chi connectivity index (χ2n) is 9.13. The van der Waals surface area contributed by atoms with Gasteiger partial charge in [0.25, 0.3) is 5.91 Å². The van der Waals surface area contributed by atoms with Crippen molar-refractivity contribution in [3.8, 4) is 0 Å². The number of benzene rings is 1. The molecule has 0 spiro atoms. The van der Waals surface area contributed by atoms with Crippen LogP contribution in [0.4, 0.5) is 16.3 Å². The number of amides is 2. The molecule has 174 valence electrons. The highest BCUT2D eigenvalue weighted by atomic mass is 16.6. The van der Waals surface area contributed by atoms with Crippen LogP contribution in [0.1, 0.15) is 69.0 Å². The van der Waals surface area contributed by atoms with Crippen LogP contribution in [-0.4, -0.2) is 34.1 Å². The van der Waals surface area contributed by atoms with E-state index in [0.29, 0.717) is 31.1 Å². The van der Waals surface area contributed by atoms with Crippen LogP contribution in [0, 0.1) is 5.92 Å². The van der Waals surface area contributed by atoms with Gasteiger partial charge in [-0.3, -0.25) is 4.79 Å². The summed E-state index contributed by atoms with van der Waals surface area (Å²) in [5.41, 5.74) is 8.60. The maximum atomic E-state index is 12.0. The van der Waals surface area contributed by atoms with Crippen molar-refractivity contribution in [2.24, 2.45) is 11.7 Å². The number of aromatic nitrogens is 2. The van der Waals surface area contributed by atoms with Gasteiger partial charge in [-0.15, -0.1) is 0 Å². The van der Waals surface area contributed by atoms with Gasteiger partial charge in [0.2, 0.25) is 0 Å². The summed E-state index contributed by atoms with van der Waals surface area (Å²) >= 11 is 0.